The first kappa shape index (κ1) is 36.3. The lowest BCUT2D eigenvalue weighted by molar-refractivity contribution is 0.793. The molecule has 2 aliphatic carbocycles. The molecule has 0 radical (unpaired) electrons. The van der Waals surface area contributed by atoms with E-state index >= 15 is 0 Å². The molecule has 0 fully saturated rings. The topological polar surface area (TPSA) is 11.4 Å². The Bertz CT molecular complexity index is 3520. The lowest BCUT2D eigenvalue weighted by Gasteiger charge is -2.32. The van der Waals surface area contributed by atoms with E-state index in [2.05, 4.69) is 263 Å². The van der Waals surface area contributed by atoms with Crippen LogP contribution in [0.5, 0.6) is 0 Å². The lowest BCUT2D eigenvalue weighted by atomic mass is 9.70. The predicted molar refractivity (Wildman–Crippen MR) is 266 cm³/mol. The number of aromatic nitrogens is 1. The summed E-state index contributed by atoms with van der Waals surface area (Å²) in [4.78, 5) is 4.79. The molecular weight excluding hydrogens is 775 g/mol. The third-order valence-corrected chi connectivity index (χ3v) is 13.5. The second-order valence-corrected chi connectivity index (χ2v) is 16.9. The minimum Gasteiger partial charge on any atom is -0.310 e. The van der Waals surface area contributed by atoms with E-state index in [1.54, 1.807) is 0 Å². The lowest BCUT2D eigenvalue weighted by Crippen LogP contribution is -2.26. The molecule has 1 aromatic heterocycles. The number of hydrogen-bond acceptors (Lipinski definition) is 2. The number of para-hydroxylation sites is 5. The van der Waals surface area contributed by atoms with E-state index in [4.69, 9.17) is 0 Å². The highest BCUT2D eigenvalue weighted by Gasteiger charge is 2.51. The highest BCUT2D eigenvalue weighted by atomic mass is 15.1. The van der Waals surface area contributed by atoms with Crippen molar-refractivity contribution in [1.29, 1.82) is 0 Å². The molecule has 2 aliphatic rings. The van der Waals surface area contributed by atoms with Crippen LogP contribution in [0.25, 0.3) is 49.7 Å². The van der Waals surface area contributed by atoms with Crippen LogP contribution in [-0.2, 0) is 5.41 Å². The van der Waals surface area contributed by atoms with Crippen LogP contribution in [0, 0.1) is 0 Å². The first-order valence-electron chi connectivity index (χ1n) is 22.1. The van der Waals surface area contributed by atoms with Crippen LogP contribution >= 0.6 is 0 Å². The van der Waals surface area contributed by atoms with E-state index in [0.717, 1.165) is 39.8 Å². The van der Waals surface area contributed by atoms with Crippen molar-refractivity contribution in [2.45, 2.75) is 5.41 Å². The first-order chi connectivity index (χ1) is 31.8. The molecule has 0 aliphatic heterocycles. The monoisotopic (exact) mass is 815 g/mol. The third kappa shape index (κ3) is 5.28. The molecule has 0 bridgehead atoms. The van der Waals surface area contributed by atoms with Crippen molar-refractivity contribution >= 4 is 55.9 Å². The van der Waals surface area contributed by atoms with Crippen LogP contribution in [0.4, 0.5) is 34.1 Å². The number of benzene rings is 10. The molecule has 1 unspecified atom stereocenters. The smallest absolute Gasteiger partial charge is 0.0725 e. The van der Waals surface area contributed by atoms with Crippen LogP contribution in [-0.4, -0.2) is 4.57 Å². The second kappa shape index (κ2) is 14.3. The van der Waals surface area contributed by atoms with Crippen LogP contribution in [0.1, 0.15) is 22.3 Å². The van der Waals surface area contributed by atoms with E-state index in [0.29, 0.717) is 0 Å². The zero-order valence-corrected chi connectivity index (χ0v) is 35.0. The van der Waals surface area contributed by atoms with Gasteiger partial charge in [0.25, 0.3) is 0 Å². The summed E-state index contributed by atoms with van der Waals surface area (Å²) in [6, 6.07) is 91.1. The Hall–Kier alpha value is -8.40. The fourth-order valence-corrected chi connectivity index (χ4v) is 11.0. The molecule has 3 heteroatoms. The molecule has 0 amide bonds. The fourth-order valence-electron chi connectivity index (χ4n) is 11.0. The quantitative estimate of drug-likeness (QED) is 0.159. The maximum Gasteiger partial charge on any atom is 0.0725 e. The molecule has 13 rings (SSSR count). The van der Waals surface area contributed by atoms with Gasteiger partial charge in [0.2, 0.25) is 0 Å². The van der Waals surface area contributed by atoms with Gasteiger partial charge in [-0.3, -0.25) is 0 Å². The van der Waals surface area contributed by atoms with Crippen LogP contribution in [0.2, 0.25) is 0 Å². The molecule has 10 aromatic carbocycles. The van der Waals surface area contributed by atoms with Crippen molar-refractivity contribution in [3.05, 3.63) is 271 Å². The Morgan fingerprint density at radius 2 is 0.656 bits per heavy atom. The summed E-state index contributed by atoms with van der Waals surface area (Å²) in [6.07, 6.45) is 0. The van der Waals surface area contributed by atoms with E-state index in [-0.39, 0.29) is 0 Å². The maximum absolute atomic E-state index is 2.44. The van der Waals surface area contributed by atoms with Crippen molar-refractivity contribution in [3.63, 3.8) is 0 Å². The average molecular weight is 816 g/mol. The van der Waals surface area contributed by atoms with Gasteiger partial charge >= 0.3 is 0 Å². The SMILES string of the molecule is c1ccc(N(c2ccccc2)c2ccc3c(c2)-c2ccccc2C32c3ccccc3-c3cc(N(c4ccccc4)c4ccc5c6ccccc6n(-c6ccccc6)c5c4)ccc32)cc1. The minimum atomic E-state index is -0.480. The zero-order chi connectivity index (χ0) is 42.2. The molecule has 1 spiro atoms. The Balaban J connectivity index is 1.01. The van der Waals surface area contributed by atoms with Gasteiger partial charge in [-0.1, -0.05) is 158 Å². The predicted octanol–water partition coefficient (Wildman–Crippen LogP) is 16.1. The van der Waals surface area contributed by atoms with E-state index < -0.39 is 5.41 Å². The van der Waals surface area contributed by atoms with Gasteiger partial charge in [-0.15, -0.1) is 0 Å². The van der Waals surface area contributed by atoms with Crippen molar-refractivity contribution < 1.29 is 0 Å². The Labute approximate surface area is 373 Å². The highest BCUT2D eigenvalue weighted by Crippen LogP contribution is 2.64. The molecule has 0 saturated heterocycles. The summed E-state index contributed by atoms with van der Waals surface area (Å²) in [5.74, 6) is 0. The largest absolute Gasteiger partial charge is 0.310 e. The second-order valence-electron chi connectivity index (χ2n) is 16.9. The van der Waals surface area contributed by atoms with Gasteiger partial charge in [0.1, 0.15) is 0 Å². The summed E-state index contributed by atoms with van der Waals surface area (Å²) in [6.45, 7) is 0. The van der Waals surface area contributed by atoms with Gasteiger partial charge in [0.15, 0.2) is 0 Å². The van der Waals surface area contributed by atoms with Gasteiger partial charge in [0.05, 0.1) is 16.4 Å². The summed E-state index contributed by atoms with van der Waals surface area (Å²) in [5.41, 5.74) is 20.1. The first-order valence-corrected chi connectivity index (χ1v) is 22.1. The number of nitrogens with zero attached hydrogens (tertiary/aromatic N) is 3. The van der Waals surface area contributed by atoms with E-state index in [9.17, 15) is 0 Å². The van der Waals surface area contributed by atoms with Crippen molar-refractivity contribution in [2.75, 3.05) is 9.80 Å². The molecule has 0 N–H and O–H groups in total. The van der Waals surface area contributed by atoms with Crippen molar-refractivity contribution in [3.8, 4) is 27.9 Å². The fraction of sp³-hybridized carbons (Fsp3) is 0.0164. The molecule has 0 saturated carbocycles. The van der Waals surface area contributed by atoms with Gasteiger partial charge in [-0.25, -0.2) is 0 Å². The molecule has 1 atom stereocenters. The number of rotatable bonds is 7. The van der Waals surface area contributed by atoms with Crippen molar-refractivity contribution in [1.82, 2.24) is 4.57 Å². The van der Waals surface area contributed by atoms with Gasteiger partial charge < -0.3 is 14.4 Å². The highest BCUT2D eigenvalue weighted by molar-refractivity contribution is 6.10. The normalized spacial score (nSPS) is 14.3. The van der Waals surface area contributed by atoms with Crippen LogP contribution in [0.3, 0.4) is 0 Å². The standard InChI is InChI=1S/C61H41N3/c1-5-19-42(20-6-1)62(43-21-7-2-8-22-43)46-34-37-57-53(39-46)49-27-13-16-30-55(49)61(57)56-31-17-14-28-50(56)54-40-47(35-38-58(54)61)63(44-23-9-3-10-24-44)48-33-36-52-51-29-15-18-32-59(51)64(60(52)41-48)45-25-11-4-12-26-45/h1-41H. The van der Waals surface area contributed by atoms with E-state index in [1.165, 1.54) is 66.3 Å². The third-order valence-electron chi connectivity index (χ3n) is 13.5. The molecule has 3 nitrogen and oxygen atoms in total. The Morgan fingerprint density at radius 3 is 1.20 bits per heavy atom. The summed E-state index contributed by atoms with van der Waals surface area (Å²) < 4.78 is 2.40. The number of hydrogen-bond donors (Lipinski definition) is 0. The van der Waals surface area contributed by atoms with Gasteiger partial charge in [-0.05, 0) is 136 Å². The number of anilines is 6. The number of fused-ring (bicyclic) bond motifs is 13. The summed E-state index contributed by atoms with van der Waals surface area (Å²) >= 11 is 0. The molecule has 11 aromatic rings. The van der Waals surface area contributed by atoms with Gasteiger partial charge in [0, 0.05) is 50.6 Å². The minimum absolute atomic E-state index is 0.480. The zero-order valence-electron chi connectivity index (χ0n) is 35.0. The molecule has 300 valence electrons. The van der Waals surface area contributed by atoms with Crippen LogP contribution < -0.4 is 9.80 Å². The maximum atomic E-state index is 2.44. The molecular formula is C61H41N3. The van der Waals surface area contributed by atoms with E-state index in [1.807, 2.05) is 0 Å². The van der Waals surface area contributed by atoms with Gasteiger partial charge in [-0.2, -0.15) is 0 Å². The Morgan fingerprint density at radius 1 is 0.266 bits per heavy atom. The van der Waals surface area contributed by atoms with Crippen molar-refractivity contribution in [2.24, 2.45) is 0 Å². The molecule has 64 heavy (non-hydrogen) atoms. The average Bonchev–Trinajstić information content (AvgIpc) is 3.96. The molecule has 1 heterocycles. The summed E-state index contributed by atoms with van der Waals surface area (Å²) in [7, 11) is 0. The summed E-state index contributed by atoms with van der Waals surface area (Å²) in [5, 5.41) is 2.48. The Kier molecular flexibility index (Phi) is 8.13. The van der Waals surface area contributed by atoms with Crippen LogP contribution in [0.15, 0.2) is 249 Å².